The predicted octanol–water partition coefficient (Wildman–Crippen LogP) is 3.21. The molecule has 5 nitrogen and oxygen atoms in total. The number of ether oxygens (including phenoxy) is 2. The zero-order valence-electron chi connectivity index (χ0n) is 12.9. The van der Waals surface area contributed by atoms with E-state index in [1.54, 1.807) is 26.2 Å². The molecule has 21 heavy (non-hydrogen) atoms. The monoisotopic (exact) mass is 309 g/mol. The second-order valence-corrected chi connectivity index (χ2v) is 6.75. The molecule has 1 aromatic rings. The molecule has 1 heterocycles. The number of methoxy groups -OCH3 is 1. The number of carbonyl (C=O) groups excluding carboxylic acids is 2. The number of Topliss-reactive ketones (excluding diaryl/α,β-unsaturated/α-hetero) is 1. The molecular weight excluding hydrogens is 290 g/mol. The molecule has 0 spiro atoms. The van der Waals surface area contributed by atoms with Crippen molar-refractivity contribution in [3.8, 4) is 11.5 Å². The first-order valence-corrected chi connectivity index (χ1v) is 7.38. The Labute approximate surface area is 128 Å². The summed E-state index contributed by atoms with van der Waals surface area (Å²) in [6.45, 7) is 3.73. The van der Waals surface area contributed by atoms with Gasteiger partial charge in [0.25, 0.3) is 5.24 Å². The van der Waals surface area contributed by atoms with Crippen LogP contribution in [0, 0.1) is 0 Å². The molecule has 0 saturated carbocycles. The summed E-state index contributed by atoms with van der Waals surface area (Å²) in [4.78, 5) is 26.3. The molecule has 1 aliphatic heterocycles. The number of thioether (sulfide) groups is 1. The van der Waals surface area contributed by atoms with Gasteiger partial charge >= 0.3 is 0 Å². The maximum atomic E-state index is 12.3. The third kappa shape index (κ3) is 3.32. The van der Waals surface area contributed by atoms with Crippen LogP contribution >= 0.6 is 11.8 Å². The van der Waals surface area contributed by atoms with Crippen molar-refractivity contribution in [3.63, 3.8) is 0 Å². The van der Waals surface area contributed by atoms with Gasteiger partial charge in [-0.05, 0) is 37.7 Å². The quantitative estimate of drug-likeness (QED) is 0.785. The lowest BCUT2D eigenvalue weighted by molar-refractivity contribution is 0.0612. The van der Waals surface area contributed by atoms with Crippen LogP contribution in [0.3, 0.4) is 0 Å². The lowest BCUT2D eigenvalue weighted by Gasteiger charge is -2.32. The van der Waals surface area contributed by atoms with Gasteiger partial charge in [0.1, 0.15) is 22.7 Å². The number of nitrogens with zero attached hydrogens (tertiary/aromatic N) is 1. The third-order valence-corrected chi connectivity index (χ3v) is 4.09. The van der Waals surface area contributed by atoms with Crippen molar-refractivity contribution in [1.29, 1.82) is 0 Å². The van der Waals surface area contributed by atoms with Crippen LogP contribution in [0.15, 0.2) is 17.0 Å². The fourth-order valence-electron chi connectivity index (χ4n) is 2.14. The van der Waals surface area contributed by atoms with E-state index in [1.165, 1.54) is 12.0 Å². The smallest absolute Gasteiger partial charge is 0.285 e. The van der Waals surface area contributed by atoms with E-state index in [0.29, 0.717) is 28.4 Å². The van der Waals surface area contributed by atoms with Crippen molar-refractivity contribution in [2.45, 2.75) is 30.8 Å². The topological polar surface area (TPSA) is 55.8 Å². The van der Waals surface area contributed by atoms with Crippen LogP contribution in [0.5, 0.6) is 11.5 Å². The van der Waals surface area contributed by atoms with Crippen LogP contribution in [-0.4, -0.2) is 42.7 Å². The van der Waals surface area contributed by atoms with Crippen LogP contribution in [0.25, 0.3) is 0 Å². The van der Waals surface area contributed by atoms with Gasteiger partial charge < -0.3 is 14.4 Å². The van der Waals surface area contributed by atoms with Gasteiger partial charge in [-0.1, -0.05) is 0 Å². The number of hydrogen-bond donors (Lipinski definition) is 0. The summed E-state index contributed by atoms with van der Waals surface area (Å²) in [7, 11) is 4.88. The lowest BCUT2D eigenvalue weighted by atomic mass is 9.92. The number of fused-ring (bicyclic) bond motifs is 1. The minimum Gasteiger partial charge on any atom is -0.496 e. The number of carbonyl (C=O) groups is 2. The Bertz CT molecular complexity index is 596. The summed E-state index contributed by atoms with van der Waals surface area (Å²) >= 11 is 1.07. The number of amides is 1. The first-order valence-electron chi connectivity index (χ1n) is 6.57. The molecule has 1 amide bonds. The van der Waals surface area contributed by atoms with Crippen LogP contribution in [0.1, 0.15) is 30.6 Å². The van der Waals surface area contributed by atoms with Gasteiger partial charge in [0, 0.05) is 19.0 Å². The van der Waals surface area contributed by atoms with Crippen molar-refractivity contribution in [3.05, 3.63) is 17.7 Å². The Hall–Kier alpha value is -1.69. The van der Waals surface area contributed by atoms with Crippen molar-refractivity contribution in [2.75, 3.05) is 21.2 Å². The van der Waals surface area contributed by atoms with Crippen molar-refractivity contribution in [2.24, 2.45) is 0 Å². The van der Waals surface area contributed by atoms with Crippen LogP contribution in [-0.2, 0) is 0 Å². The number of benzene rings is 1. The molecule has 0 bridgehead atoms. The first kappa shape index (κ1) is 15.7. The van der Waals surface area contributed by atoms with Crippen molar-refractivity contribution in [1.82, 2.24) is 4.90 Å². The lowest BCUT2D eigenvalue weighted by Crippen LogP contribution is -2.36. The summed E-state index contributed by atoms with van der Waals surface area (Å²) in [5.74, 6) is 0.917. The highest BCUT2D eigenvalue weighted by Crippen LogP contribution is 2.41. The maximum Gasteiger partial charge on any atom is 0.285 e. The van der Waals surface area contributed by atoms with Gasteiger partial charge in [-0.15, -0.1) is 0 Å². The third-order valence-electron chi connectivity index (χ3n) is 3.08. The molecule has 0 unspecified atom stereocenters. The van der Waals surface area contributed by atoms with E-state index in [0.717, 1.165) is 11.8 Å². The molecule has 114 valence electrons. The van der Waals surface area contributed by atoms with E-state index in [2.05, 4.69) is 0 Å². The molecule has 6 heteroatoms. The maximum absolute atomic E-state index is 12.3. The number of ketones is 1. The van der Waals surface area contributed by atoms with E-state index in [1.807, 2.05) is 13.8 Å². The summed E-state index contributed by atoms with van der Waals surface area (Å²) in [5, 5.41) is -0.0987. The molecule has 1 aromatic carbocycles. The standard InChI is InChI=1S/C15H19NO4S/c1-15(2)8-10(17)13-11(19-5)6-9(7-12(13)20-15)21-14(18)16(3)4/h6-7H,8H2,1-5H3. The fraction of sp³-hybridized carbons (Fsp3) is 0.467. The molecule has 0 radical (unpaired) electrons. The van der Waals surface area contributed by atoms with E-state index in [9.17, 15) is 9.59 Å². The molecule has 1 aliphatic rings. The predicted molar refractivity (Wildman–Crippen MR) is 81.6 cm³/mol. The zero-order chi connectivity index (χ0) is 15.8. The van der Waals surface area contributed by atoms with E-state index >= 15 is 0 Å². The first-order chi connectivity index (χ1) is 9.73. The Morgan fingerprint density at radius 2 is 2.05 bits per heavy atom. The largest absolute Gasteiger partial charge is 0.496 e. The van der Waals surface area contributed by atoms with Crippen molar-refractivity contribution < 1.29 is 19.1 Å². The summed E-state index contributed by atoms with van der Waals surface area (Å²) in [6, 6.07) is 3.42. The minimum absolute atomic E-state index is 0.00594. The number of hydrogen-bond acceptors (Lipinski definition) is 5. The van der Waals surface area contributed by atoms with Crippen LogP contribution < -0.4 is 9.47 Å². The Balaban J connectivity index is 2.45. The Morgan fingerprint density at radius 1 is 1.38 bits per heavy atom. The molecular formula is C15H19NO4S. The highest BCUT2D eigenvalue weighted by atomic mass is 32.2. The SMILES string of the molecule is COc1cc(SC(=O)N(C)C)cc2c1C(=O)CC(C)(C)O2. The second kappa shape index (κ2) is 5.60. The summed E-state index contributed by atoms with van der Waals surface area (Å²) in [6.07, 6.45) is 0.305. The van der Waals surface area contributed by atoms with Gasteiger partial charge in [-0.25, -0.2) is 0 Å². The molecule has 0 atom stereocenters. The highest BCUT2D eigenvalue weighted by molar-refractivity contribution is 8.13. The van der Waals surface area contributed by atoms with Gasteiger partial charge in [-0.2, -0.15) is 0 Å². The Kier molecular flexibility index (Phi) is 4.18. The molecule has 0 fully saturated rings. The van der Waals surface area contributed by atoms with Crippen LogP contribution in [0.4, 0.5) is 4.79 Å². The van der Waals surface area contributed by atoms with Crippen LogP contribution in [0.2, 0.25) is 0 Å². The van der Waals surface area contributed by atoms with Gasteiger partial charge in [0.05, 0.1) is 13.5 Å². The minimum atomic E-state index is -0.552. The average molecular weight is 309 g/mol. The van der Waals surface area contributed by atoms with Gasteiger partial charge in [-0.3, -0.25) is 9.59 Å². The van der Waals surface area contributed by atoms with E-state index < -0.39 is 5.60 Å². The summed E-state index contributed by atoms with van der Waals surface area (Å²) < 4.78 is 11.2. The molecule has 0 aromatic heterocycles. The zero-order valence-corrected chi connectivity index (χ0v) is 13.7. The molecule has 0 N–H and O–H groups in total. The highest BCUT2D eigenvalue weighted by Gasteiger charge is 2.35. The number of rotatable bonds is 2. The molecule has 2 rings (SSSR count). The molecule has 0 aliphatic carbocycles. The van der Waals surface area contributed by atoms with E-state index in [4.69, 9.17) is 9.47 Å². The summed E-state index contributed by atoms with van der Waals surface area (Å²) in [5.41, 5.74) is -0.0947. The molecule has 0 saturated heterocycles. The average Bonchev–Trinajstić information content (AvgIpc) is 2.35. The second-order valence-electron chi connectivity index (χ2n) is 5.72. The fourth-order valence-corrected chi connectivity index (χ4v) is 2.86. The normalized spacial score (nSPS) is 16.0. The van der Waals surface area contributed by atoms with Crippen molar-refractivity contribution >= 4 is 22.8 Å². The van der Waals surface area contributed by atoms with Gasteiger partial charge in [0.15, 0.2) is 5.78 Å². The van der Waals surface area contributed by atoms with E-state index in [-0.39, 0.29) is 11.0 Å². The van der Waals surface area contributed by atoms with Gasteiger partial charge in [0.2, 0.25) is 0 Å². The Morgan fingerprint density at radius 3 is 2.62 bits per heavy atom.